The van der Waals surface area contributed by atoms with Crippen LogP contribution >= 0.6 is 0 Å². The van der Waals surface area contributed by atoms with Crippen LogP contribution in [0.15, 0.2) is 18.2 Å². The SMILES string of the molecule is CCCCC(CNC(=O)c1cccc(OC)c1C)C(C)(C)C. The Hall–Kier alpha value is -1.51. The Kier molecular flexibility index (Phi) is 6.92. The van der Waals surface area contributed by atoms with Gasteiger partial charge in [-0.3, -0.25) is 4.79 Å². The average Bonchev–Trinajstić information content (AvgIpc) is 2.45. The summed E-state index contributed by atoms with van der Waals surface area (Å²) in [5.74, 6) is 1.23. The molecule has 1 unspecified atom stereocenters. The van der Waals surface area contributed by atoms with Crippen molar-refractivity contribution >= 4 is 5.91 Å². The van der Waals surface area contributed by atoms with Gasteiger partial charge in [-0.05, 0) is 36.8 Å². The van der Waals surface area contributed by atoms with E-state index in [2.05, 4.69) is 33.0 Å². The normalized spacial score (nSPS) is 12.8. The highest BCUT2D eigenvalue weighted by molar-refractivity contribution is 5.96. The Bertz CT molecular complexity index is 489. The van der Waals surface area contributed by atoms with Crippen molar-refractivity contribution < 1.29 is 9.53 Å². The van der Waals surface area contributed by atoms with Gasteiger partial charge in [-0.1, -0.05) is 46.6 Å². The van der Waals surface area contributed by atoms with E-state index in [1.807, 2.05) is 25.1 Å². The van der Waals surface area contributed by atoms with Gasteiger partial charge in [0.05, 0.1) is 7.11 Å². The summed E-state index contributed by atoms with van der Waals surface area (Å²) in [7, 11) is 1.63. The third kappa shape index (κ3) is 5.04. The van der Waals surface area contributed by atoms with Gasteiger partial charge in [0.15, 0.2) is 0 Å². The molecule has 3 nitrogen and oxygen atoms in total. The predicted octanol–water partition coefficient (Wildman–Crippen LogP) is 4.59. The minimum atomic E-state index is -0.0119. The van der Waals surface area contributed by atoms with Crippen LogP contribution in [0.2, 0.25) is 0 Å². The number of rotatable bonds is 7. The summed E-state index contributed by atoms with van der Waals surface area (Å²) in [5.41, 5.74) is 1.79. The molecule has 1 atom stereocenters. The summed E-state index contributed by atoms with van der Waals surface area (Å²) in [6.07, 6.45) is 3.54. The topological polar surface area (TPSA) is 38.3 Å². The van der Waals surface area contributed by atoms with Gasteiger partial charge in [0.2, 0.25) is 0 Å². The van der Waals surface area contributed by atoms with Gasteiger partial charge in [-0.25, -0.2) is 0 Å². The minimum Gasteiger partial charge on any atom is -0.496 e. The van der Waals surface area contributed by atoms with Crippen molar-refractivity contribution in [2.45, 2.75) is 53.9 Å². The number of carbonyl (C=O) groups is 1. The second-order valence-electron chi connectivity index (χ2n) is 7.05. The van der Waals surface area contributed by atoms with Crippen LogP contribution < -0.4 is 10.1 Å². The number of methoxy groups -OCH3 is 1. The predicted molar refractivity (Wildman–Crippen MR) is 92.5 cm³/mol. The van der Waals surface area contributed by atoms with Crippen LogP contribution in [0.4, 0.5) is 0 Å². The van der Waals surface area contributed by atoms with Gasteiger partial charge in [-0.15, -0.1) is 0 Å². The van der Waals surface area contributed by atoms with E-state index in [1.54, 1.807) is 7.11 Å². The van der Waals surface area contributed by atoms with Gasteiger partial charge in [0.25, 0.3) is 5.91 Å². The lowest BCUT2D eigenvalue weighted by Crippen LogP contribution is -2.35. The van der Waals surface area contributed by atoms with Crippen molar-refractivity contribution in [3.8, 4) is 5.75 Å². The van der Waals surface area contributed by atoms with Gasteiger partial charge in [0, 0.05) is 17.7 Å². The van der Waals surface area contributed by atoms with E-state index in [4.69, 9.17) is 4.74 Å². The fourth-order valence-electron chi connectivity index (χ4n) is 2.68. The molecule has 22 heavy (non-hydrogen) atoms. The first-order valence-electron chi connectivity index (χ1n) is 8.23. The highest BCUT2D eigenvalue weighted by atomic mass is 16.5. The Balaban J connectivity index is 2.75. The van der Waals surface area contributed by atoms with Crippen LogP contribution in [0.5, 0.6) is 5.75 Å². The van der Waals surface area contributed by atoms with Crippen molar-refractivity contribution in [2.75, 3.05) is 13.7 Å². The highest BCUT2D eigenvalue weighted by Gasteiger charge is 2.24. The van der Waals surface area contributed by atoms with Crippen LogP contribution in [-0.4, -0.2) is 19.6 Å². The zero-order valence-electron chi connectivity index (χ0n) is 15.0. The van der Waals surface area contributed by atoms with Gasteiger partial charge >= 0.3 is 0 Å². The van der Waals surface area contributed by atoms with E-state index >= 15 is 0 Å². The smallest absolute Gasteiger partial charge is 0.251 e. The zero-order chi connectivity index (χ0) is 16.8. The molecule has 0 aliphatic carbocycles. The molecule has 0 spiro atoms. The molecule has 1 amide bonds. The van der Waals surface area contributed by atoms with E-state index in [1.165, 1.54) is 12.8 Å². The monoisotopic (exact) mass is 305 g/mol. The maximum Gasteiger partial charge on any atom is 0.251 e. The van der Waals surface area contributed by atoms with Gasteiger partial charge < -0.3 is 10.1 Å². The molecule has 0 aromatic heterocycles. The molecular formula is C19H31NO2. The Morgan fingerprint density at radius 3 is 2.55 bits per heavy atom. The van der Waals surface area contributed by atoms with Gasteiger partial charge in [0.1, 0.15) is 5.75 Å². The Morgan fingerprint density at radius 2 is 2.00 bits per heavy atom. The molecule has 3 heteroatoms. The second kappa shape index (κ2) is 8.21. The number of benzene rings is 1. The summed E-state index contributed by atoms with van der Waals surface area (Å²) < 4.78 is 5.29. The Morgan fingerprint density at radius 1 is 1.32 bits per heavy atom. The molecular weight excluding hydrogens is 274 g/mol. The molecule has 0 fully saturated rings. The first kappa shape index (κ1) is 18.5. The van der Waals surface area contributed by atoms with E-state index in [0.29, 0.717) is 11.5 Å². The zero-order valence-corrected chi connectivity index (χ0v) is 15.0. The molecule has 1 rings (SSSR count). The molecule has 124 valence electrons. The lowest BCUT2D eigenvalue weighted by atomic mass is 9.78. The van der Waals surface area contributed by atoms with Crippen LogP contribution in [0.1, 0.15) is 62.9 Å². The lowest BCUT2D eigenvalue weighted by Gasteiger charge is -2.31. The Labute approximate surface area is 135 Å². The molecule has 1 aromatic rings. The van der Waals surface area contributed by atoms with Crippen LogP contribution in [0.3, 0.4) is 0 Å². The fraction of sp³-hybridized carbons (Fsp3) is 0.632. The number of ether oxygens (including phenoxy) is 1. The summed E-state index contributed by atoms with van der Waals surface area (Å²) in [6, 6.07) is 5.59. The molecule has 0 saturated heterocycles. The maximum atomic E-state index is 12.5. The number of amides is 1. The van der Waals surface area contributed by atoms with Crippen LogP contribution in [0.25, 0.3) is 0 Å². The standard InChI is InChI=1S/C19H31NO2/c1-7-8-10-15(19(3,4)5)13-20-18(21)16-11-9-12-17(22-6)14(16)2/h9,11-12,15H,7-8,10,13H2,1-6H3,(H,20,21). The summed E-state index contributed by atoms with van der Waals surface area (Å²) >= 11 is 0. The maximum absolute atomic E-state index is 12.5. The third-order valence-corrected chi connectivity index (χ3v) is 4.39. The number of hydrogen-bond acceptors (Lipinski definition) is 2. The quantitative estimate of drug-likeness (QED) is 0.800. The number of nitrogens with one attached hydrogen (secondary N) is 1. The molecule has 0 radical (unpaired) electrons. The number of carbonyl (C=O) groups excluding carboxylic acids is 1. The van der Waals surface area contributed by atoms with Crippen molar-refractivity contribution in [3.63, 3.8) is 0 Å². The number of hydrogen-bond donors (Lipinski definition) is 1. The first-order valence-corrected chi connectivity index (χ1v) is 8.23. The summed E-state index contributed by atoms with van der Waals surface area (Å²) in [4.78, 5) is 12.5. The average molecular weight is 305 g/mol. The van der Waals surface area contributed by atoms with E-state index in [0.717, 1.165) is 24.3 Å². The molecule has 0 saturated carbocycles. The largest absolute Gasteiger partial charge is 0.496 e. The second-order valence-corrected chi connectivity index (χ2v) is 7.05. The fourth-order valence-corrected chi connectivity index (χ4v) is 2.68. The minimum absolute atomic E-state index is 0.0119. The van der Waals surface area contributed by atoms with E-state index < -0.39 is 0 Å². The summed E-state index contributed by atoms with van der Waals surface area (Å²) in [6.45, 7) is 11.6. The van der Waals surface area contributed by atoms with Gasteiger partial charge in [-0.2, -0.15) is 0 Å². The van der Waals surface area contributed by atoms with Crippen LogP contribution in [-0.2, 0) is 0 Å². The molecule has 0 aliphatic rings. The molecule has 0 heterocycles. The summed E-state index contributed by atoms with van der Waals surface area (Å²) in [5, 5.41) is 3.11. The molecule has 1 N–H and O–H groups in total. The molecule has 0 aliphatic heterocycles. The van der Waals surface area contributed by atoms with Crippen molar-refractivity contribution in [2.24, 2.45) is 11.3 Å². The first-order chi connectivity index (χ1) is 10.3. The van der Waals surface area contributed by atoms with Crippen molar-refractivity contribution in [3.05, 3.63) is 29.3 Å². The van der Waals surface area contributed by atoms with E-state index in [-0.39, 0.29) is 11.3 Å². The highest BCUT2D eigenvalue weighted by Crippen LogP contribution is 2.30. The van der Waals surface area contributed by atoms with E-state index in [9.17, 15) is 4.79 Å². The molecule has 0 bridgehead atoms. The lowest BCUT2D eigenvalue weighted by molar-refractivity contribution is 0.0929. The molecule has 1 aromatic carbocycles. The third-order valence-electron chi connectivity index (χ3n) is 4.39. The van der Waals surface area contributed by atoms with Crippen molar-refractivity contribution in [1.29, 1.82) is 0 Å². The van der Waals surface area contributed by atoms with Crippen LogP contribution in [0, 0.1) is 18.3 Å². The van der Waals surface area contributed by atoms with Crippen molar-refractivity contribution in [1.82, 2.24) is 5.32 Å². The number of unbranched alkanes of at least 4 members (excludes halogenated alkanes) is 1.